The van der Waals surface area contributed by atoms with Gasteiger partial charge in [0.05, 0.1) is 0 Å². The zero-order chi connectivity index (χ0) is 11.1. The standard InChI is InChI=1S/C14H12O/c1-3-8-13(14(15)4-2)11-12-9-6-5-7-10-12/h1-2,5-7,9-11,14-15H,8H2. The number of benzene rings is 1. The van der Waals surface area contributed by atoms with Gasteiger partial charge < -0.3 is 5.11 Å². The summed E-state index contributed by atoms with van der Waals surface area (Å²) in [6.45, 7) is 0. The monoisotopic (exact) mass is 196 g/mol. The molecule has 0 aliphatic carbocycles. The van der Waals surface area contributed by atoms with E-state index in [1.54, 1.807) is 0 Å². The molecule has 0 saturated heterocycles. The molecule has 1 heteroatoms. The Labute approximate surface area is 90.5 Å². The highest BCUT2D eigenvalue weighted by atomic mass is 16.3. The van der Waals surface area contributed by atoms with Crippen molar-refractivity contribution in [3.63, 3.8) is 0 Å². The fraction of sp³-hybridized carbons (Fsp3) is 0.143. The molecule has 1 aromatic rings. The van der Waals surface area contributed by atoms with Gasteiger partial charge in [0.1, 0.15) is 6.10 Å². The first-order chi connectivity index (χ1) is 7.27. The van der Waals surface area contributed by atoms with E-state index in [1.165, 1.54) is 0 Å². The molecule has 1 N–H and O–H groups in total. The Balaban J connectivity index is 2.96. The molecule has 15 heavy (non-hydrogen) atoms. The van der Waals surface area contributed by atoms with Crippen molar-refractivity contribution in [1.82, 2.24) is 0 Å². The molecular weight excluding hydrogens is 184 g/mol. The number of hydrogen-bond donors (Lipinski definition) is 1. The number of aliphatic hydroxyl groups is 1. The van der Waals surface area contributed by atoms with Crippen LogP contribution in [0.15, 0.2) is 35.9 Å². The predicted octanol–water partition coefficient (Wildman–Crippen LogP) is 2.09. The van der Waals surface area contributed by atoms with Crippen LogP contribution in [0.5, 0.6) is 0 Å². The number of hydrogen-bond acceptors (Lipinski definition) is 1. The van der Waals surface area contributed by atoms with Gasteiger partial charge in [0, 0.05) is 6.42 Å². The van der Waals surface area contributed by atoms with Gasteiger partial charge in [-0.3, -0.25) is 0 Å². The lowest BCUT2D eigenvalue weighted by atomic mass is 10.0. The SMILES string of the molecule is C#CCC(=Cc1ccccc1)C(O)C#C. The molecule has 0 saturated carbocycles. The van der Waals surface area contributed by atoms with Crippen molar-refractivity contribution in [2.24, 2.45) is 0 Å². The largest absolute Gasteiger partial charge is 0.376 e. The molecule has 0 amide bonds. The van der Waals surface area contributed by atoms with Crippen molar-refractivity contribution in [3.8, 4) is 24.7 Å². The van der Waals surface area contributed by atoms with Crippen LogP contribution in [0.25, 0.3) is 6.08 Å². The topological polar surface area (TPSA) is 20.2 Å². The van der Waals surface area contributed by atoms with Gasteiger partial charge in [0.25, 0.3) is 0 Å². The lowest BCUT2D eigenvalue weighted by molar-refractivity contribution is 0.267. The fourth-order valence-corrected chi connectivity index (χ4v) is 1.21. The summed E-state index contributed by atoms with van der Waals surface area (Å²) < 4.78 is 0. The Bertz CT molecular complexity index is 415. The normalized spacial score (nSPS) is 12.6. The Kier molecular flexibility index (Phi) is 4.23. The van der Waals surface area contributed by atoms with Crippen LogP contribution < -0.4 is 0 Å². The minimum atomic E-state index is -0.902. The third-order valence-corrected chi connectivity index (χ3v) is 1.97. The van der Waals surface area contributed by atoms with E-state index in [4.69, 9.17) is 12.8 Å². The second-order valence-electron chi connectivity index (χ2n) is 3.08. The van der Waals surface area contributed by atoms with Gasteiger partial charge in [-0.15, -0.1) is 18.8 Å². The van der Waals surface area contributed by atoms with Gasteiger partial charge in [-0.25, -0.2) is 0 Å². The van der Waals surface area contributed by atoms with Crippen molar-refractivity contribution >= 4 is 6.08 Å². The van der Waals surface area contributed by atoms with Crippen LogP contribution in [-0.2, 0) is 0 Å². The molecule has 74 valence electrons. The second-order valence-corrected chi connectivity index (χ2v) is 3.08. The summed E-state index contributed by atoms with van der Waals surface area (Å²) >= 11 is 0. The van der Waals surface area contributed by atoms with Crippen molar-refractivity contribution in [2.45, 2.75) is 12.5 Å². The Morgan fingerprint density at radius 3 is 2.53 bits per heavy atom. The predicted molar refractivity (Wildman–Crippen MR) is 62.7 cm³/mol. The maximum atomic E-state index is 9.51. The van der Waals surface area contributed by atoms with E-state index in [9.17, 15) is 5.11 Å². The summed E-state index contributed by atoms with van der Waals surface area (Å²) in [6, 6.07) is 9.62. The average Bonchev–Trinajstić information content (AvgIpc) is 2.29. The van der Waals surface area contributed by atoms with Gasteiger partial charge in [0.2, 0.25) is 0 Å². The first kappa shape index (κ1) is 11.1. The Morgan fingerprint density at radius 2 is 2.00 bits per heavy atom. The molecule has 1 unspecified atom stereocenters. The maximum Gasteiger partial charge on any atom is 0.137 e. The minimum Gasteiger partial charge on any atom is -0.376 e. The quantitative estimate of drug-likeness (QED) is 0.734. The highest BCUT2D eigenvalue weighted by molar-refractivity contribution is 5.55. The third-order valence-electron chi connectivity index (χ3n) is 1.97. The summed E-state index contributed by atoms with van der Waals surface area (Å²) in [5, 5.41) is 9.51. The molecule has 0 aromatic heterocycles. The average molecular weight is 196 g/mol. The van der Waals surface area contributed by atoms with E-state index in [2.05, 4.69) is 11.8 Å². The first-order valence-corrected chi connectivity index (χ1v) is 4.61. The molecule has 0 aliphatic heterocycles. The van der Waals surface area contributed by atoms with E-state index >= 15 is 0 Å². The molecule has 1 aromatic carbocycles. The van der Waals surface area contributed by atoms with Crippen molar-refractivity contribution < 1.29 is 5.11 Å². The first-order valence-electron chi connectivity index (χ1n) is 4.61. The van der Waals surface area contributed by atoms with Crippen molar-refractivity contribution in [1.29, 1.82) is 0 Å². The number of rotatable bonds is 3. The van der Waals surface area contributed by atoms with Crippen LogP contribution in [0.1, 0.15) is 12.0 Å². The molecular formula is C14H12O. The zero-order valence-corrected chi connectivity index (χ0v) is 8.35. The van der Waals surface area contributed by atoms with Gasteiger partial charge in [0.15, 0.2) is 0 Å². The van der Waals surface area contributed by atoms with Crippen LogP contribution in [0.4, 0.5) is 0 Å². The smallest absolute Gasteiger partial charge is 0.137 e. The van der Waals surface area contributed by atoms with Crippen LogP contribution >= 0.6 is 0 Å². The molecule has 0 spiro atoms. The van der Waals surface area contributed by atoms with Crippen LogP contribution in [0.2, 0.25) is 0 Å². The lowest BCUT2D eigenvalue weighted by Gasteiger charge is -2.06. The molecule has 0 heterocycles. The van der Waals surface area contributed by atoms with Crippen molar-refractivity contribution in [2.75, 3.05) is 0 Å². The molecule has 1 nitrogen and oxygen atoms in total. The maximum absolute atomic E-state index is 9.51. The second kappa shape index (κ2) is 5.70. The third kappa shape index (κ3) is 3.35. The molecule has 0 radical (unpaired) electrons. The Morgan fingerprint density at radius 1 is 1.33 bits per heavy atom. The highest BCUT2D eigenvalue weighted by Gasteiger charge is 2.05. The minimum absolute atomic E-state index is 0.361. The van der Waals surface area contributed by atoms with Gasteiger partial charge in [-0.1, -0.05) is 42.3 Å². The molecule has 1 atom stereocenters. The van der Waals surface area contributed by atoms with Crippen LogP contribution in [0.3, 0.4) is 0 Å². The highest BCUT2D eigenvalue weighted by Crippen LogP contribution is 2.12. The van der Waals surface area contributed by atoms with Gasteiger partial charge in [-0.05, 0) is 11.1 Å². The van der Waals surface area contributed by atoms with Gasteiger partial charge >= 0.3 is 0 Å². The van der Waals surface area contributed by atoms with Gasteiger partial charge in [-0.2, -0.15) is 0 Å². The summed E-state index contributed by atoms with van der Waals surface area (Å²) in [5.41, 5.74) is 1.66. The molecule has 0 fully saturated rings. The number of terminal acetylenes is 2. The van der Waals surface area contributed by atoms with Crippen molar-refractivity contribution in [3.05, 3.63) is 41.5 Å². The van der Waals surface area contributed by atoms with E-state index < -0.39 is 6.10 Å². The summed E-state index contributed by atoms with van der Waals surface area (Å²) in [6.07, 6.45) is 11.6. The Hall–Kier alpha value is -1.96. The summed E-state index contributed by atoms with van der Waals surface area (Å²) in [5.74, 6) is 4.74. The van der Waals surface area contributed by atoms with E-state index in [-0.39, 0.29) is 0 Å². The van der Waals surface area contributed by atoms with E-state index in [0.717, 1.165) is 5.56 Å². The zero-order valence-electron chi connectivity index (χ0n) is 8.35. The number of aliphatic hydroxyl groups excluding tert-OH is 1. The van der Waals surface area contributed by atoms with Crippen LogP contribution in [0, 0.1) is 24.7 Å². The van der Waals surface area contributed by atoms with Crippen LogP contribution in [-0.4, -0.2) is 11.2 Å². The van der Waals surface area contributed by atoms with E-state index in [0.29, 0.717) is 12.0 Å². The summed E-state index contributed by atoms with van der Waals surface area (Å²) in [7, 11) is 0. The molecule has 0 bridgehead atoms. The fourth-order valence-electron chi connectivity index (χ4n) is 1.21. The molecule has 1 rings (SSSR count). The lowest BCUT2D eigenvalue weighted by Crippen LogP contribution is -2.06. The summed E-state index contributed by atoms with van der Waals surface area (Å²) in [4.78, 5) is 0. The molecule has 0 aliphatic rings. The van der Waals surface area contributed by atoms with E-state index in [1.807, 2.05) is 36.4 Å².